The largest absolute Gasteiger partial charge is 0.496 e. The summed E-state index contributed by atoms with van der Waals surface area (Å²) in [7, 11) is -1.32. The number of nitrogens with zero attached hydrogens (tertiary/aromatic N) is 1. The minimum atomic E-state index is -3.91. The summed E-state index contributed by atoms with van der Waals surface area (Å²) in [5.74, 6) is -1.77. The van der Waals surface area contributed by atoms with E-state index in [-0.39, 0.29) is 29.2 Å². The van der Waals surface area contributed by atoms with Crippen LogP contribution in [0.15, 0.2) is 23.1 Å². The SMILES string of the molecule is COc1ccc(S(=O)(=O)N(C)CCC(=O)O)cc1C(N)=O. The van der Waals surface area contributed by atoms with E-state index >= 15 is 0 Å². The number of carbonyl (C=O) groups excluding carboxylic acids is 1. The molecule has 0 aliphatic heterocycles. The van der Waals surface area contributed by atoms with Crippen LogP contribution < -0.4 is 10.5 Å². The van der Waals surface area contributed by atoms with Crippen molar-refractivity contribution in [3.05, 3.63) is 23.8 Å². The standard InChI is InChI=1S/C12H16N2O6S/c1-14(6-5-11(15)16)21(18,19)8-3-4-10(20-2)9(7-8)12(13)17/h3-4,7H,5-6H2,1-2H3,(H2,13,17)(H,15,16). The van der Waals surface area contributed by atoms with E-state index < -0.39 is 21.9 Å². The Bertz CT molecular complexity index is 656. The molecule has 0 saturated carbocycles. The molecule has 0 aliphatic rings. The van der Waals surface area contributed by atoms with Crippen LogP contribution in [0.1, 0.15) is 16.8 Å². The zero-order chi connectivity index (χ0) is 16.2. The van der Waals surface area contributed by atoms with Crippen LogP contribution in [0, 0.1) is 0 Å². The van der Waals surface area contributed by atoms with Crippen molar-refractivity contribution in [2.24, 2.45) is 5.73 Å². The average Bonchev–Trinajstić information content (AvgIpc) is 2.43. The number of aliphatic carboxylic acids is 1. The molecule has 1 aromatic carbocycles. The smallest absolute Gasteiger partial charge is 0.304 e. The van der Waals surface area contributed by atoms with E-state index in [0.717, 1.165) is 10.4 Å². The maximum atomic E-state index is 12.3. The fraction of sp³-hybridized carbons (Fsp3) is 0.333. The normalized spacial score (nSPS) is 11.4. The van der Waals surface area contributed by atoms with Gasteiger partial charge in [0.25, 0.3) is 5.91 Å². The summed E-state index contributed by atoms with van der Waals surface area (Å²) in [6.45, 7) is -0.185. The number of sulfonamides is 1. The molecular formula is C12H16N2O6S. The van der Waals surface area contributed by atoms with Crippen molar-refractivity contribution in [3.63, 3.8) is 0 Å². The molecule has 0 radical (unpaired) electrons. The molecule has 1 rings (SSSR count). The van der Waals surface area contributed by atoms with Crippen molar-refractivity contribution < 1.29 is 27.9 Å². The zero-order valence-electron chi connectivity index (χ0n) is 11.6. The molecule has 8 nitrogen and oxygen atoms in total. The number of carbonyl (C=O) groups is 2. The second kappa shape index (κ2) is 6.55. The Balaban J connectivity index is 3.17. The molecule has 0 heterocycles. The molecular weight excluding hydrogens is 300 g/mol. The number of ether oxygens (including phenoxy) is 1. The third-order valence-corrected chi connectivity index (χ3v) is 4.64. The van der Waals surface area contributed by atoms with E-state index in [2.05, 4.69) is 0 Å². The Labute approximate surface area is 122 Å². The van der Waals surface area contributed by atoms with Gasteiger partial charge in [0.1, 0.15) is 5.75 Å². The zero-order valence-corrected chi connectivity index (χ0v) is 12.4. The van der Waals surface area contributed by atoms with Gasteiger partial charge in [-0.3, -0.25) is 9.59 Å². The van der Waals surface area contributed by atoms with Crippen molar-refractivity contribution in [1.29, 1.82) is 0 Å². The number of hydrogen-bond acceptors (Lipinski definition) is 5. The molecule has 21 heavy (non-hydrogen) atoms. The van der Waals surface area contributed by atoms with Crippen LogP contribution in [-0.2, 0) is 14.8 Å². The Morgan fingerprint density at radius 1 is 1.38 bits per heavy atom. The lowest BCUT2D eigenvalue weighted by molar-refractivity contribution is -0.137. The molecule has 116 valence electrons. The van der Waals surface area contributed by atoms with Crippen molar-refractivity contribution in [2.75, 3.05) is 20.7 Å². The monoisotopic (exact) mass is 316 g/mol. The molecule has 0 bridgehead atoms. The molecule has 1 aromatic rings. The van der Waals surface area contributed by atoms with Gasteiger partial charge in [-0.1, -0.05) is 0 Å². The summed E-state index contributed by atoms with van der Waals surface area (Å²) < 4.78 is 30.3. The Kier molecular flexibility index (Phi) is 5.28. The highest BCUT2D eigenvalue weighted by molar-refractivity contribution is 7.89. The van der Waals surface area contributed by atoms with Crippen molar-refractivity contribution in [1.82, 2.24) is 4.31 Å². The third kappa shape index (κ3) is 3.92. The first-order chi connectivity index (χ1) is 9.70. The summed E-state index contributed by atoms with van der Waals surface area (Å²) in [4.78, 5) is 21.6. The number of nitrogens with two attached hydrogens (primary N) is 1. The lowest BCUT2D eigenvalue weighted by atomic mass is 10.2. The highest BCUT2D eigenvalue weighted by atomic mass is 32.2. The van der Waals surface area contributed by atoms with E-state index in [9.17, 15) is 18.0 Å². The van der Waals surface area contributed by atoms with Crippen LogP contribution in [0.3, 0.4) is 0 Å². The van der Waals surface area contributed by atoms with Gasteiger partial charge in [0.05, 0.1) is 24.0 Å². The van der Waals surface area contributed by atoms with Crippen LogP contribution in [0.4, 0.5) is 0 Å². The number of primary amides is 1. The van der Waals surface area contributed by atoms with Crippen molar-refractivity contribution in [3.8, 4) is 5.75 Å². The average molecular weight is 316 g/mol. The molecule has 0 saturated heterocycles. The van der Waals surface area contributed by atoms with Crippen molar-refractivity contribution in [2.45, 2.75) is 11.3 Å². The first-order valence-electron chi connectivity index (χ1n) is 5.86. The Morgan fingerprint density at radius 3 is 2.48 bits per heavy atom. The number of carboxylic acid groups (broad SMARTS) is 1. The predicted molar refractivity (Wildman–Crippen MR) is 73.6 cm³/mol. The first kappa shape index (κ1) is 16.9. The second-order valence-electron chi connectivity index (χ2n) is 4.20. The Morgan fingerprint density at radius 2 is 2.00 bits per heavy atom. The van der Waals surface area contributed by atoms with Gasteiger partial charge in [0.2, 0.25) is 10.0 Å². The quantitative estimate of drug-likeness (QED) is 0.722. The first-order valence-corrected chi connectivity index (χ1v) is 7.30. The van der Waals surface area contributed by atoms with Gasteiger partial charge < -0.3 is 15.6 Å². The van der Waals surface area contributed by atoms with Crippen LogP contribution in [0.5, 0.6) is 5.75 Å². The molecule has 0 aliphatic carbocycles. The van der Waals surface area contributed by atoms with Gasteiger partial charge in [-0.25, -0.2) is 12.7 Å². The van der Waals surface area contributed by atoms with Gasteiger partial charge in [0, 0.05) is 13.6 Å². The van der Waals surface area contributed by atoms with E-state index in [1.54, 1.807) is 0 Å². The molecule has 0 spiro atoms. The van der Waals surface area contributed by atoms with Gasteiger partial charge in [-0.15, -0.1) is 0 Å². The van der Waals surface area contributed by atoms with E-state index in [4.69, 9.17) is 15.6 Å². The number of methoxy groups -OCH3 is 1. The van der Waals surface area contributed by atoms with E-state index in [1.807, 2.05) is 0 Å². The second-order valence-corrected chi connectivity index (χ2v) is 6.24. The molecule has 0 aromatic heterocycles. The number of hydrogen-bond donors (Lipinski definition) is 2. The minimum Gasteiger partial charge on any atom is -0.496 e. The van der Waals surface area contributed by atoms with Crippen LogP contribution in [0.2, 0.25) is 0 Å². The molecule has 9 heteroatoms. The predicted octanol–water partition coefficient (Wildman–Crippen LogP) is -0.111. The molecule has 0 atom stereocenters. The van der Waals surface area contributed by atoms with Gasteiger partial charge in [-0.2, -0.15) is 0 Å². The van der Waals surface area contributed by atoms with Gasteiger partial charge in [-0.05, 0) is 18.2 Å². The summed E-state index contributed by atoms with van der Waals surface area (Å²) in [6.07, 6.45) is -0.325. The lowest BCUT2D eigenvalue weighted by Crippen LogP contribution is -2.29. The summed E-state index contributed by atoms with van der Waals surface area (Å²) >= 11 is 0. The molecule has 0 fully saturated rings. The van der Waals surface area contributed by atoms with E-state index in [0.29, 0.717) is 0 Å². The fourth-order valence-corrected chi connectivity index (χ4v) is 2.79. The van der Waals surface area contributed by atoms with Crippen LogP contribution in [-0.4, -0.2) is 50.4 Å². The fourth-order valence-electron chi connectivity index (χ4n) is 1.59. The molecule has 0 unspecified atom stereocenters. The lowest BCUT2D eigenvalue weighted by Gasteiger charge is -2.17. The van der Waals surface area contributed by atoms with Gasteiger partial charge in [0.15, 0.2) is 0 Å². The maximum Gasteiger partial charge on any atom is 0.304 e. The highest BCUT2D eigenvalue weighted by Crippen LogP contribution is 2.23. The number of carboxylic acids is 1. The van der Waals surface area contributed by atoms with Crippen LogP contribution >= 0.6 is 0 Å². The number of rotatable bonds is 7. The summed E-state index contributed by atoms with van der Waals surface area (Å²) in [6, 6.07) is 3.68. The molecule has 1 amide bonds. The van der Waals surface area contributed by atoms with Crippen LogP contribution in [0.25, 0.3) is 0 Å². The maximum absolute atomic E-state index is 12.3. The third-order valence-electron chi connectivity index (χ3n) is 2.79. The Hall–Kier alpha value is -2.13. The summed E-state index contributed by atoms with van der Waals surface area (Å²) in [5.41, 5.74) is 5.11. The molecule has 3 N–H and O–H groups in total. The summed E-state index contributed by atoms with van der Waals surface area (Å²) in [5, 5.41) is 8.58. The number of benzene rings is 1. The number of amides is 1. The van der Waals surface area contributed by atoms with Gasteiger partial charge >= 0.3 is 5.97 Å². The van der Waals surface area contributed by atoms with E-state index in [1.165, 1.54) is 26.3 Å². The topological polar surface area (TPSA) is 127 Å². The minimum absolute atomic E-state index is 0.0646. The highest BCUT2D eigenvalue weighted by Gasteiger charge is 2.23. The van der Waals surface area contributed by atoms with Crippen molar-refractivity contribution >= 4 is 21.9 Å².